The number of hydrogen-bond acceptors (Lipinski definition) is 1. The summed E-state index contributed by atoms with van der Waals surface area (Å²) in [4.78, 5) is 10.8. The van der Waals surface area contributed by atoms with Gasteiger partial charge in [-0.1, -0.05) is 20.8 Å². The lowest BCUT2D eigenvalue weighted by atomic mass is 10.0. The molecule has 0 spiro atoms. The van der Waals surface area contributed by atoms with E-state index >= 15 is 0 Å². The lowest BCUT2D eigenvalue weighted by Gasteiger charge is -2.01. The van der Waals surface area contributed by atoms with Crippen LogP contribution in [0.5, 0.6) is 0 Å². The second-order valence-electron chi connectivity index (χ2n) is 3.23. The molecule has 2 unspecified atom stereocenters. The van der Waals surface area contributed by atoms with Crippen molar-refractivity contribution in [1.29, 1.82) is 0 Å². The molecule has 0 heterocycles. The highest BCUT2D eigenvalue weighted by molar-refractivity contribution is 5.78. The second kappa shape index (κ2) is 5.34. The molecule has 1 saturated carbocycles. The Balaban J connectivity index is 0.000000461. The van der Waals surface area contributed by atoms with Gasteiger partial charge in [0.15, 0.2) is 0 Å². The minimum absolute atomic E-state index is 0.388. The van der Waals surface area contributed by atoms with Gasteiger partial charge in [-0.15, -0.1) is 0 Å². The molecule has 2 atom stereocenters. The summed E-state index contributed by atoms with van der Waals surface area (Å²) in [5.41, 5.74) is 0. The van der Waals surface area contributed by atoms with Crippen molar-refractivity contribution in [2.24, 2.45) is 11.8 Å². The molecule has 1 fully saturated rings. The molecule has 11 heavy (non-hydrogen) atoms. The molecule has 0 aromatic heterocycles. The Kier molecular flexibility index (Phi) is 5.18. The molecule has 0 aliphatic heterocycles. The molecule has 1 rings (SSSR count). The van der Waals surface area contributed by atoms with Crippen molar-refractivity contribution in [3.8, 4) is 0 Å². The fourth-order valence-corrected chi connectivity index (χ4v) is 1.58. The van der Waals surface area contributed by atoms with Crippen molar-refractivity contribution < 1.29 is 4.79 Å². The van der Waals surface area contributed by atoms with Gasteiger partial charge in [-0.3, -0.25) is 4.79 Å². The number of Topliss-reactive ketones (excluding diaryl/α,β-unsaturated/α-hetero) is 1. The molecule has 0 bridgehead atoms. The van der Waals surface area contributed by atoms with E-state index in [9.17, 15) is 4.79 Å². The first-order chi connectivity index (χ1) is 5.20. The Morgan fingerprint density at radius 3 is 2.00 bits per heavy atom. The van der Waals surface area contributed by atoms with Gasteiger partial charge in [0.1, 0.15) is 5.78 Å². The van der Waals surface area contributed by atoms with E-state index < -0.39 is 0 Å². The number of rotatable bonds is 1. The van der Waals surface area contributed by atoms with Gasteiger partial charge in [-0.05, 0) is 32.1 Å². The van der Waals surface area contributed by atoms with E-state index in [0.717, 1.165) is 18.8 Å². The summed E-state index contributed by atoms with van der Waals surface area (Å²) in [7, 11) is 0. The van der Waals surface area contributed by atoms with Crippen molar-refractivity contribution in [3.05, 3.63) is 0 Å². The predicted molar refractivity (Wildman–Crippen MR) is 48.5 cm³/mol. The van der Waals surface area contributed by atoms with Gasteiger partial charge in [-0.2, -0.15) is 0 Å². The smallest absolute Gasteiger partial charge is 0.132 e. The van der Waals surface area contributed by atoms with E-state index in [1.54, 1.807) is 6.92 Å². The van der Waals surface area contributed by atoms with Crippen LogP contribution in [-0.2, 0) is 4.79 Å². The summed E-state index contributed by atoms with van der Waals surface area (Å²) in [6.45, 7) is 7.94. The van der Waals surface area contributed by atoms with E-state index in [2.05, 4.69) is 6.92 Å². The topological polar surface area (TPSA) is 17.1 Å². The average molecular weight is 156 g/mol. The molecule has 0 aromatic rings. The van der Waals surface area contributed by atoms with Gasteiger partial charge in [0, 0.05) is 5.92 Å². The molecule has 0 saturated heterocycles. The Hall–Kier alpha value is -0.330. The Labute approximate surface area is 70.2 Å². The first-order valence-corrected chi connectivity index (χ1v) is 4.70. The van der Waals surface area contributed by atoms with Crippen LogP contribution in [0.15, 0.2) is 0 Å². The molecule has 1 aliphatic rings. The van der Waals surface area contributed by atoms with Crippen LogP contribution in [-0.4, -0.2) is 5.78 Å². The van der Waals surface area contributed by atoms with Crippen molar-refractivity contribution in [3.63, 3.8) is 0 Å². The van der Waals surface area contributed by atoms with Crippen LogP contribution in [0.25, 0.3) is 0 Å². The van der Waals surface area contributed by atoms with E-state index in [0.29, 0.717) is 11.7 Å². The van der Waals surface area contributed by atoms with E-state index in [4.69, 9.17) is 0 Å². The third-order valence-corrected chi connectivity index (χ3v) is 2.27. The van der Waals surface area contributed by atoms with E-state index in [-0.39, 0.29) is 0 Å². The van der Waals surface area contributed by atoms with Gasteiger partial charge >= 0.3 is 0 Å². The Morgan fingerprint density at radius 1 is 1.27 bits per heavy atom. The van der Waals surface area contributed by atoms with Crippen LogP contribution in [0.4, 0.5) is 0 Å². The normalized spacial score (nSPS) is 29.1. The van der Waals surface area contributed by atoms with Crippen LogP contribution < -0.4 is 0 Å². The number of ketones is 1. The second-order valence-corrected chi connectivity index (χ2v) is 3.23. The minimum atomic E-state index is 0.388. The predicted octanol–water partition coefficient (Wildman–Crippen LogP) is 3.04. The quantitative estimate of drug-likeness (QED) is 0.570. The number of hydrogen-bond donors (Lipinski definition) is 0. The molecular weight excluding hydrogens is 136 g/mol. The van der Waals surface area contributed by atoms with Gasteiger partial charge in [-0.25, -0.2) is 0 Å². The highest BCUT2D eigenvalue weighted by Crippen LogP contribution is 2.30. The van der Waals surface area contributed by atoms with Gasteiger partial charge in [0.2, 0.25) is 0 Å². The zero-order valence-electron chi connectivity index (χ0n) is 8.18. The summed E-state index contributed by atoms with van der Waals surface area (Å²) in [6, 6.07) is 0. The standard InChI is InChI=1S/C8H14O.C2H6/c1-6-3-4-8(5-6)7(2)9;1-2/h6,8H,3-5H2,1-2H3;1-2H3. The van der Waals surface area contributed by atoms with Crippen molar-refractivity contribution in [2.75, 3.05) is 0 Å². The summed E-state index contributed by atoms with van der Waals surface area (Å²) in [6.07, 6.45) is 3.52. The molecule has 1 aliphatic carbocycles. The molecule has 1 nitrogen and oxygen atoms in total. The molecule has 0 amide bonds. The molecule has 0 N–H and O–H groups in total. The molecule has 0 radical (unpaired) electrons. The average Bonchev–Trinajstić information content (AvgIpc) is 2.40. The Morgan fingerprint density at radius 2 is 1.82 bits per heavy atom. The maximum absolute atomic E-state index is 10.8. The van der Waals surface area contributed by atoms with Crippen molar-refractivity contribution >= 4 is 5.78 Å². The zero-order chi connectivity index (χ0) is 8.85. The monoisotopic (exact) mass is 156 g/mol. The summed E-state index contributed by atoms with van der Waals surface area (Å²) < 4.78 is 0. The van der Waals surface area contributed by atoms with Gasteiger partial charge < -0.3 is 0 Å². The maximum Gasteiger partial charge on any atom is 0.132 e. The van der Waals surface area contributed by atoms with Crippen LogP contribution in [0.1, 0.15) is 47.0 Å². The number of carbonyl (C=O) groups is 1. The van der Waals surface area contributed by atoms with Crippen molar-refractivity contribution in [1.82, 2.24) is 0 Å². The SMILES string of the molecule is CC.CC(=O)C1CCC(C)C1. The zero-order valence-corrected chi connectivity index (χ0v) is 8.18. The van der Waals surface area contributed by atoms with Gasteiger partial charge in [0.05, 0.1) is 0 Å². The fraction of sp³-hybridized carbons (Fsp3) is 0.900. The van der Waals surface area contributed by atoms with Crippen LogP contribution in [0.3, 0.4) is 0 Å². The van der Waals surface area contributed by atoms with Crippen LogP contribution in [0.2, 0.25) is 0 Å². The third-order valence-electron chi connectivity index (χ3n) is 2.27. The highest BCUT2D eigenvalue weighted by atomic mass is 16.1. The Bertz CT molecular complexity index is 118. The minimum Gasteiger partial charge on any atom is -0.300 e. The van der Waals surface area contributed by atoms with E-state index in [1.165, 1.54) is 6.42 Å². The lowest BCUT2D eigenvalue weighted by molar-refractivity contribution is -0.120. The fourth-order valence-electron chi connectivity index (χ4n) is 1.58. The first kappa shape index (κ1) is 10.7. The first-order valence-electron chi connectivity index (χ1n) is 4.70. The maximum atomic E-state index is 10.8. The van der Waals surface area contributed by atoms with Crippen LogP contribution in [0, 0.1) is 11.8 Å². The summed E-state index contributed by atoms with van der Waals surface area (Å²) in [5, 5.41) is 0. The summed E-state index contributed by atoms with van der Waals surface area (Å²) in [5.74, 6) is 1.58. The highest BCUT2D eigenvalue weighted by Gasteiger charge is 2.24. The number of carbonyl (C=O) groups excluding carboxylic acids is 1. The molecule has 1 heteroatoms. The van der Waals surface area contributed by atoms with Crippen molar-refractivity contribution in [2.45, 2.75) is 47.0 Å². The van der Waals surface area contributed by atoms with Crippen LogP contribution >= 0.6 is 0 Å². The summed E-state index contributed by atoms with van der Waals surface area (Å²) >= 11 is 0. The van der Waals surface area contributed by atoms with E-state index in [1.807, 2.05) is 13.8 Å². The molecular formula is C10H20O. The lowest BCUT2D eigenvalue weighted by Crippen LogP contribution is -2.05. The molecule has 66 valence electrons. The third kappa shape index (κ3) is 3.54. The molecule has 0 aromatic carbocycles. The largest absolute Gasteiger partial charge is 0.300 e. The van der Waals surface area contributed by atoms with Gasteiger partial charge in [0.25, 0.3) is 0 Å².